The third-order valence-electron chi connectivity index (χ3n) is 4.40. The summed E-state index contributed by atoms with van der Waals surface area (Å²) in [5, 5.41) is 9.78. The van der Waals surface area contributed by atoms with E-state index >= 15 is 0 Å². The van der Waals surface area contributed by atoms with Crippen molar-refractivity contribution in [3.05, 3.63) is 89.6 Å². The number of hydrogen-bond donors (Lipinski definition) is 0. The molecule has 4 nitrogen and oxygen atoms in total. The number of nitrogens with zero attached hydrogens (tertiary/aromatic N) is 4. The van der Waals surface area contributed by atoms with Crippen LogP contribution in [0.2, 0.25) is 0 Å². The van der Waals surface area contributed by atoms with Crippen LogP contribution in [0.5, 0.6) is 0 Å². The molecule has 0 aliphatic heterocycles. The Kier molecular flexibility index (Phi) is 5.03. The van der Waals surface area contributed by atoms with Gasteiger partial charge >= 0.3 is 0 Å². The molecule has 5 heteroatoms. The van der Waals surface area contributed by atoms with E-state index in [1.807, 2.05) is 36.4 Å². The highest BCUT2D eigenvalue weighted by Crippen LogP contribution is 2.29. The maximum Gasteiger partial charge on any atom is 0.196 e. The highest BCUT2D eigenvalue weighted by Gasteiger charge is 2.17. The van der Waals surface area contributed by atoms with E-state index in [2.05, 4.69) is 63.9 Å². The summed E-state index contributed by atoms with van der Waals surface area (Å²) in [6.45, 7) is 4.27. The van der Waals surface area contributed by atoms with E-state index in [-0.39, 0.29) is 0 Å². The van der Waals surface area contributed by atoms with Gasteiger partial charge < -0.3 is 0 Å². The molecule has 0 atom stereocenters. The van der Waals surface area contributed by atoms with E-state index in [9.17, 15) is 0 Å². The van der Waals surface area contributed by atoms with Gasteiger partial charge in [0, 0.05) is 17.6 Å². The molecule has 0 amide bonds. The van der Waals surface area contributed by atoms with Gasteiger partial charge in [-0.2, -0.15) is 0 Å². The molecule has 0 fully saturated rings. The quantitative estimate of drug-likeness (QED) is 0.450. The molecule has 4 aromatic rings. The van der Waals surface area contributed by atoms with Crippen molar-refractivity contribution < 1.29 is 0 Å². The molecule has 0 bridgehead atoms. The summed E-state index contributed by atoms with van der Waals surface area (Å²) in [5.41, 5.74) is 5.74. The standard InChI is InChI=1S/C22H20N4S/c1-16-11-12-17(2)18(14-16)15-27-22-25-24-21(20-10-6-7-13-23-20)26(22)19-8-4-3-5-9-19/h3-14H,15H2,1-2H3. The molecule has 0 N–H and O–H groups in total. The first-order valence-electron chi connectivity index (χ1n) is 8.83. The average Bonchev–Trinajstić information content (AvgIpc) is 3.14. The molecule has 134 valence electrons. The second kappa shape index (κ2) is 7.76. The Balaban J connectivity index is 1.73. The molecule has 2 heterocycles. The van der Waals surface area contributed by atoms with Crippen LogP contribution in [0.3, 0.4) is 0 Å². The SMILES string of the molecule is Cc1ccc(C)c(CSc2nnc(-c3ccccn3)n2-c2ccccc2)c1. The van der Waals surface area contributed by atoms with Crippen molar-refractivity contribution in [2.45, 2.75) is 24.8 Å². The van der Waals surface area contributed by atoms with Gasteiger partial charge in [-0.05, 0) is 49.2 Å². The van der Waals surface area contributed by atoms with E-state index < -0.39 is 0 Å². The molecule has 0 radical (unpaired) electrons. The molecule has 0 saturated heterocycles. The van der Waals surface area contributed by atoms with Crippen molar-refractivity contribution >= 4 is 11.8 Å². The van der Waals surface area contributed by atoms with Crippen LogP contribution in [0.4, 0.5) is 0 Å². The molecule has 0 aliphatic rings. The molecule has 0 aliphatic carbocycles. The van der Waals surface area contributed by atoms with Gasteiger partial charge in [0.25, 0.3) is 0 Å². The molecule has 4 rings (SSSR count). The monoisotopic (exact) mass is 372 g/mol. The number of pyridine rings is 1. The predicted molar refractivity (Wildman–Crippen MR) is 110 cm³/mol. The first-order valence-corrected chi connectivity index (χ1v) is 9.82. The van der Waals surface area contributed by atoms with Crippen LogP contribution < -0.4 is 0 Å². The minimum atomic E-state index is 0.755. The van der Waals surface area contributed by atoms with Crippen molar-refractivity contribution in [3.8, 4) is 17.2 Å². The van der Waals surface area contributed by atoms with Crippen LogP contribution in [0, 0.1) is 13.8 Å². The van der Waals surface area contributed by atoms with Crippen molar-refractivity contribution in [1.82, 2.24) is 19.7 Å². The van der Waals surface area contributed by atoms with Crippen LogP contribution in [0.25, 0.3) is 17.2 Å². The third-order valence-corrected chi connectivity index (χ3v) is 5.38. The number of para-hydroxylation sites is 1. The van der Waals surface area contributed by atoms with E-state index in [1.54, 1.807) is 18.0 Å². The Labute approximate surface area is 163 Å². The van der Waals surface area contributed by atoms with E-state index in [0.29, 0.717) is 0 Å². The van der Waals surface area contributed by atoms with Crippen LogP contribution in [0.15, 0.2) is 78.1 Å². The predicted octanol–water partition coefficient (Wildman–Crippen LogP) is 5.24. The molecule has 0 saturated carbocycles. The Hall–Kier alpha value is -2.92. The topological polar surface area (TPSA) is 43.6 Å². The van der Waals surface area contributed by atoms with Gasteiger partial charge in [-0.15, -0.1) is 10.2 Å². The van der Waals surface area contributed by atoms with Gasteiger partial charge in [0.2, 0.25) is 0 Å². The Bertz CT molecular complexity index is 1040. The first kappa shape index (κ1) is 17.5. The van der Waals surface area contributed by atoms with Crippen molar-refractivity contribution in [2.24, 2.45) is 0 Å². The maximum absolute atomic E-state index is 4.47. The van der Waals surface area contributed by atoms with Crippen LogP contribution >= 0.6 is 11.8 Å². The zero-order valence-corrected chi connectivity index (χ0v) is 16.1. The van der Waals surface area contributed by atoms with Crippen molar-refractivity contribution in [1.29, 1.82) is 0 Å². The van der Waals surface area contributed by atoms with E-state index in [0.717, 1.165) is 28.1 Å². The Morgan fingerprint density at radius 2 is 1.70 bits per heavy atom. The summed E-state index contributed by atoms with van der Waals surface area (Å²) in [5.74, 6) is 1.60. The molecule has 0 unspecified atom stereocenters. The lowest BCUT2D eigenvalue weighted by molar-refractivity contribution is 0.884. The van der Waals surface area contributed by atoms with Crippen molar-refractivity contribution in [3.63, 3.8) is 0 Å². The number of thioether (sulfide) groups is 1. The fourth-order valence-corrected chi connectivity index (χ4v) is 3.95. The lowest BCUT2D eigenvalue weighted by Gasteiger charge is -2.11. The summed E-state index contributed by atoms with van der Waals surface area (Å²) in [7, 11) is 0. The molecular formula is C22H20N4S. The maximum atomic E-state index is 4.47. The lowest BCUT2D eigenvalue weighted by atomic mass is 10.1. The third kappa shape index (κ3) is 3.78. The van der Waals surface area contributed by atoms with Gasteiger partial charge in [-0.3, -0.25) is 9.55 Å². The fraction of sp³-hybridized carbons (Fsp3) is 0.136. The summed E-state index contributed by atoms with van der Waals surface area (Å²) in [6, 6.07) is 22.6. The second-order valence-corrected chi connectivity index (χ2v) is 7.35. The van der Waals surface area contributed by atoms with Crippen LogP contribution in [-0.2, 0) is 5.75 Å². The van der Waals surface area contributed by atoms with Crippen molar-refractivity contribution in [2.75, 3.05) is 0 Å². The first-order chi connectivity index (χ1) is 13.2. The highest BCUT2D eigenvalue weighted by molar-refractivity contribution is 7.98. The van der Waals surface area contributed by atoms with Crippen LogP contribution in [0.1, 0.15) is 16.7 Å². The summed E-state index contributed by atoms with van der Waals surface area (Å²) >= 11 is 1.69. The summed E-state index contributed by atoms with van der Waals surface area (Å²) in [6.07, 6.45) is 1.78. The van der Waals surface area contributed by atoms with E-state index in [4.69, 9.17) is 0 Å². The summed E-state index contributed by atoms with van der Waals surface area (Å²) < 4.78 is 2.08. The zero-order valence-electron chi connectivity index (χ0n) is 15.3. The lowest BCUT2D eigenvalue weighted by Crippen LogP contribution is -2.00. The summed E-state index contributed by atoms with van der Waals surface area (Å²) in [4.78, 5) is 4.46. The second-order valence-electron chi connectivity index (χ2n) is 6.41. The zero-order chi connectivity index (χ0) is 18.6. The smallest absolute Gasteiger partial charge is 0.196 e. The van der Waals surface area contributed by atoms with E-state index in [1.165, 1.54) is 16.7 Å². The number of hydrogen-bond acceptors (Lipinski definition) is 4. The number of aromatic nitrogens is 4. The molecule has 2 aromatic heterocycles. The van der Waals surface area contributed by atoms with Gasteiger partial charge in [0.15, 0.2) is 11.0 Å². The van der Waals surface area contributed by atoms with Crippen LogP contribution in [-0.4, -0.2) is 19.7 Å². The molecular weight excluding hydrogens is 352 g/mol. The number of aryl methyl sites for hydroxylation is 2. The molecule has 27 heavy (non-hydrogen) atoms. The Morgan fingerprint density at radius 3 is 2.48 bits per heavy atom. The highest BCUT2D eigenvalue weighted by atomic mass is 32.2. The Morgan fingerprint density at radius 1 is 0.889 bits per heavy atom. The van der Waals surface area contributed by atoms with Gasteiger partial charge in [0.1, 0.15) is 5.69 Å². The minimum absolute atomic E-state index is 0.755. The van der Waals surface area contributed by atoms with Gasteiger partial charge in [-0.25, -0.2) is 0 Å². The molecule has 0 spiro atoms. The largest absolute Gasteiger partial charge is 0.269 e. The van der Waals surface area contributed by atoms with Gasteiger partial charge in [-0.1, -0.05) is 59.8 Å². The fourth-order valence-electron chi connectivity index (χ4n) is 2.93. The van der Waals surface area contributed by atoms with Gasteiger partial charge in [0.05, 0.1) is 0 Å². The minimum Gasteiger partial charge on any atom is -0.269 e. The normalized spacial score (nSPS) is 10.9. The molecule has 2 aromatic carbocycles. The number of benzene rings is 2. The number of rotatable bonds is 5. The average molecular weight is 372 g/mol.